The lowest BCUT2D eigenvalue weighted by atomic mass is 9.57. The van der Waals surface area contributed by atoms with Crippen LogP contribution in [0.4, 0.5) is 0 Å². The van der Waals surface area contributed by atoms with Gasteiger partial charge >= 0.3 is 12.7 Å². The fraction of sp³-hybridized carbons (Fsp3) is 0.571. The van der Waals surface area contributed by atoms with Crippen LogP contribution in [0.1, 0.15) is 44.5 Å². The van der Waals surface area contributed by atoms with Crippen LogP contribution in [-0.2, 0) is 18.9 Å². The second-order valence-corrected chi connectivity index (χ2v) is 10.3. The minimum atomic E-state index is -2.16. The Hall–Kier alpha value is -1.81. The second kappa shape index (κ2) is 9.21. The summed E-state index contributed by atoms with van der Waals surface area (Å²) in [6, 6.07) is 4.56. The first-order chi connectivity index (χ1) is 14.9. The maximum absolute atomic E-state index is 12.8. The van der Waals surface area contributed by atoms with E-state index in [0.717, 1.165) is 0 Å². The summed E-state index contributed by atoms with van der Waals surface area (Å²) in [6.45, 7) is 5.79. The molecular formula is C21H30BCl2N3O5. The van der Waals surface area contributed by atoms with Crippen molar-refractivity contribution in [2.75, 3.05) is 20.1 Å². The summed E-state index contributed by atoms with van der Waals surface area (Å²) in [5.74, 6) is -1.58. The van der Waals surface area contributed by atoms with Crippen molar-refractivity contribution in [3.8, 4) is 0 Å². The number of hydrogen-bond donors (Lipinski definition) is 2. The van der Waals surface area contributed by atoms with Crippen molar-refractivity contribution >= 4 is 47.7 Å². The van der Waals surface area contributed by atoms with Crippen LogP contribution in [0, 0.1) is 5.92 Å². The van der Waals surface area contributed by atoms with Crippen molar-refractivity contribution < 1.29 is 28.1 Å². The second-order valence-electron chi connectivity index (χ2n) is 9.42. The molecule has 2 amide bonds. The number of rotatable bonds is 7. The quantitative estimate of drug-likeness (QED) is 0.579. The molecule has 2 heterocycles. The topological polar surface area (TPSA) is 93.7 Å². The number of amides is 2. The van der Waals surface area contributed by atoms with Gasteiger partial charge in [0.1, 0.15) is 6.54 Å². The van der Waals surface area contributed by atoms with Gasteiger partial charge in [-0.3, -0.25) is 14.4 Å². The summed E-state index contributed by atoms with van der Waals surface area (Å²) >= 11 is 12.0. The van der Waals surface area contributed by atoms with E-state index in [1.807, 2.05) is 34.7 Å². The number of hydrogen-bond acceptors (Lipinski definition) is 5. The number of benzene rings is 1. The smallest absolute Gasteiger partial charge is 0.549 e. The van der Waals surface area contributed by atoms with E-state index in [1.54, 1.807) is 6.07 Å². The van der Waals surface area contributed by atoms with Crippen LogP contribution in [0.2, 0.25) is 10.0 Å². The molecule has 0 aromatic heterocycles. The third-order valence-corrected chi connectivity index (χ3v) is 7.34. The highest BCUT2D eigenvalue weighted by atomic mass is 35.5. The lowest BCUT2D eigenvalue weighted by Gasteiger charge is -2.48. The molecule has 0 spiro atoms. The van der Waals surface area contributed by atoms with Gasteiger partial charge in [0.05, 0.1) is 29.3 Å². The lowest BCUT2D eigenvalue weighted by molar-refractivity contribution is -0.824. The lowest BCUT2D eigenvalue weighted by Crippen LogP contribution is -2.73. The summed E-state index contributed by atoms with van der Waals surface area (Å²) in [7, 11) is 1.95. The molecule has 0 radical (unpaired) electrons. The number of fused-ring (bicyclic) bond motifs is 1. The highest BCUT2D eigenvalue weighted by Crippen LogP contribution is 2.43. The Labute approximate surface area is 198 Å². The SMILES string of the molecule is CC(C)C[C@H](NC(=O)CNC(=O)c1cc(Cl)ccc1Cl)[B-]12OC(=O)C[N+]1(C)[C@H](C)[C@@H](C)O2. The van der Waals surface area contributed by atoms with Gasteiger partial charge in [0, 0.05) is 18.0 Å². The van der Waals surface area contributed by atoms with Gasteiger partial charge in [-0.25, -0.2) is 0 Å². The monoisotopic (exact) mass is 485 g/mol. The molecule has 1 aromatic carbocycles. The van der Waals surface area contributed by atoms with Crippen molar-refractivity contribution in [2.24, 2.45) is 5.92 Å². The summed E-state index contributed by atoms with van der Waals surface area (Å²) in [4.78, 5) is 37.6. The van der Waals surface area contributed by atoms with Gasteiger partial charge in [-0.05, 0) is 38.0 Å². The van der Waals surface area contributed by atoms with E-state index in [2.05, 4.69) is 10.6 Å². The molecule has 32 heavy (non-hydrogen) atoms. The summed E-state index contributed by atoms with van der Waals surface area (Å²) in [6.07, 6.45) is 0.421. The summed E-state index contributed by atoms with van der Waals surface area (Å²) in [5, 5.41) is 6.14. The number of halogens is 2. The summed E-state index contributed by atoms with van der Waals surface area (Å²) in [5.41, 5.74) is 0.184. The van der Waals surface area contributed by atoms with E-state index in [1.165, 1.54) is 12.1 Å². The van der Waals surface area contributed by atoms with Crippen LogP contribution >= 0.6 is 23.2 Å². The molecule has 8 nitrogen and oxygen atoms in total. The van der Waals surface area contributed by atoms with Gasteiger partial charge in [-0.1, -0.05) is 43.5 Å². The number of likely N-dealkylation sites (N-methyl/N-ethyl adjacent to an activating group) is 1. The third kappa shape index (κ3) is 4.48. The van der Waals surface area contributed by atoms with E-state index >= 15 is 0 Å². The van der Waals surface area contributed by atoms with Crippen LogP contribution in [0.3, 0.4) is 0 Å². The molecule has 2 aliphatic rings. The Morgan fingerprint density at radius 2 is 1.97 bits per heavy atom. The van der Waals surface area contributed by atoms with Crippen LogP contribution in [0.5, 0.6) is 0 Å². The van der Waals surface area contributed by atoms with Crippen molar-refractivity contribution in [1.82, 2.24) is 10.6 Å². The van der Waals surface area contributed by atoms with Crippen LogP contribution in [-0.4, -0.2) is 67.1 Å². The molecule has 11 heteroatoms. The van der Waals surface area contributed by atoms with E-state index in [0.29, 0.717) is 15.8 Å². The molecule has 1 aromatic rings. The normalized spacial score (nSPS) is 30.1. The Balaban J connectivity index is 1.76. The highest BCUT2D eigenvalue weighted by molar-refractivity contribution is 6.65. The number of quaternary nitrogens is 1. The van der Waals surface area contributed by atoms with Crippen molar-refractivity contribution in [2.45, 2.75) is 52.2 Å². The van der Waals surface area contributed by atoms with E-state index in [-0.39, 0.29) is 47.7 Å². The molecule has 2 N–H and O–H groups in total. The average Bonchev–Trinajstić information content (AvgIpc) is 3.06. The molecule has 0 aliphatic carbocycles. The van der Waals surface area contributed by atoms with Gasteiger partial charge in [-0.2, -0.15) is 0 Å². The van der Waals surface area contributed by atoms with Crippen molar-refractivity contribution in [1.29, 1.82) is 0 Å². The standard InChI is InChI=1S/C21H30BCl2N3O5/c1-12(2)8-18(22-27(5,11-20(29)32-22)13(3)14(4)31-22)26-19(28)10-25-21(30)16-9-15(23)6-7-17(16)24/h6-7,9,12-14,18H,8,10-11H2,1-5H3,(H,25,30)(H,26,28)/t13-,14-,18+,22?,27?/m1/s1. The van der Waals surface area contributed by atoms with E-state index in [9.17, 15) is 14.4 Å². The fourth-order valence-electron chi connectivity index (χ4n) is 4.91. The van der Waals surface area contributed by atoms with E-state index in [4.69, 9.17) is 32.5 Å². The molecule has 2 fully saturated rings. The summed E-state index contributed by atoms with van der Waals surface area (Å²) < 4.78 is 12.4. The Morgan fingerprint density at radius 1 is 1.28 bits per heavy atom. The number of carbonyl (C=O) groups excluding carboxylic acids is 3. The van der Waals surface area contributed by atoms with Crippen LogP contribution < -0.4 is 10.6 Å². The van der Waals surface area contributed by atoms with Crippen molar-refractivity contribution in [3.63, 3.8) is 0 Å². The van der Waals surface area contributed by atoms with Crippen LogP contribution in [0.25, 0.3) is 0 Å². The largest absolute Gasteiger partial charge is 0.610 e. The van der Waals surface area contributed by atoms with Gasteiger partial charge < -0.3 is 24.3 Å². The maximum Gasteiger partial charge on any atom is 0.549 e. The first-order valence-corrected chi connectivity index (χ1v) is 11.6. The molecule has 0 bridgehead atoms. The average molecular weight is 486 g/mol. The number of nitrogens with zero attached hydrogens (tertiary/aromatic N) is 1. The molecule has 2 unspecified atom stereocenters. The molecule has 3 rings (SSSR count). The maximum atomic E-state index is 12.8. The molecule has 0 saturated carbocycles. The van der Waals surface area contributed by atoms with Gasteiger partial charge in [0.2, 0.25) is 5.91 Å². The van der Waals surface area contributed by atoms with E-state index < -0.39 is 24.4 Å². The first-order valence-electron chi connectivity index (χ1n) is 10.8. The minimum Gasteiger partial charge on any atom is -0.610 e. The predicted octanol–water partition coefficient (Wildman–Crippen LogP) is 2.54. The van der Waals surface area contributed by atoms with Crippen LogP contribution in [0.15, 0.2) is 18.2 Å². The zero-order chi connectivity index (χ0) is 23.8. The Morgan fingerprint density at radius 3 is 2.62 bits per heavy atom. The molecule has 5 atom stereocenters. The first kappa shape index (κ1) is 24.8. The van der Waals surface area contributed by atoms with Crippen molar-refractivity contribution in [3.05, 3.63) is 33.8 Å². The van der Waals surface area contributed by atoms with Gasteiger partial charge in [-0.15, -0.1) is 0 Å². The fourth-order valence-corrected chi connectivity index (χ4v) is 5.28. The molecular weight excluding hydrogens is 456 g/mol. The zero-order valence-corrected chi connectivity index (χ0v) is 20.5. The zero-order valence-electron chi connectivity index (χ0n) is 19.0. The van der Waals surface area contributed by atoms with Gasteiger partial charge in [0.25, 0.3) is 5.91 Å². The molecule has 2 saturated heterocycles. The highest BCUT2D eigenvalue weighted by Gasteiger charge is 2.69. The number of carbonyl (C=O) groups is 3. The number of nitrogens with one attached hydrogen (secondary N) is 2. The Kier molecular flexibility index (Phi) is 7.15. The molecule has 176 valence electrons. The minimum absolute atomic E-state index is 0.0256. The predicted molar refractivity (Wildman–Crippen MR) is 123 cm³/mol. The van der Waals surface area contributed by atoms with Gasteiger partial charge in [0.15, 0.2) is 0 Å². The Bertz CT molecular complexity index is 933. The molecule has 2 aliphatic heterocycles. The third-order valence-electron chi connectivity index (χ3n) is 6.77.